The molecule has 7 nitrogen and oxygen atoms in total. The Kier molecular flexibility index (Phi) is 5.39. The van der Waals surface area contributed by atoms with Gasteiger partial charge in [-0.05, 0) is 52.2 Å². The van der Waals surface area contributed by atoms with Crippen molar-refractivity contribution in [3.63, 3.8) is 0 Å². The molecule has 2 aromatic heterocycles. The Hall–Kier alpha value is -2.44. The highest BCUT2D eigenvalue weighted by Crippen LogP contribution is 2.26. The highest BCUT2D eigenvalue weighted by Gasteiger charge is 2.36. The number of carbonyl (C=O) groups is 2. The fourth-order valence-corrected chi connectivity index (χ4v) is 3.47. The Morgan fingerprint density at radius 2 is 1.85 bits per heavy atom. The molecule has 0 saturated heterocycles. The van der Waals surface area contributed by atoms with Crippen LogP contribution in [0.2, 0.25) is 0 Å². The lowest BCUT2D eigenvalue weighted by Gasteiger charge is -2.30. The van der Waals surface area contributed by atoms with Crippen LogP contribution in [-0.4, -0.2) is 37.8 Å². The van der Waals surface area contributed by atoms with Crippen LogP contribution in [0.3, 0.4) is 0 Å². The first kappa shape index (κ1) is 19.9. The highest BCUT2D eigenvalue weighted by molar-refractivity contribution is 5.87. The van der Waals surface area contributed by atoms with Crippen LogP contribution in [0.1, 0.15) is 49.7 Å². The molecular formula is C19H28N4O3. The van der Waals surface area contributed by atoms with Crippen LogP contribution in [0.15, 0.2) is 0 Å². The number of rotatable bonds is 6. The molecule has 0 bridgehead atoms. The zero-order chi connectivity index (χ0) is 19.8. The number of aromatic nitrogens is 3. The van der Waals surface area contributed by atoms with E-state index < -0.39 is 17.4 Å². The van der Waals surface area contributed by atoms with Gasteiger partial charge < -0.3 is 10.4 Å². The van der Waals surface area contributed by atoms with E-state index in [0.717, 1.165) is 33.5 Å². The smallest absolute Gasteiger partial charge is 0.311 e. The van der Waals surface area contributed by atoms with Gasteiger partial charge in [0.1, 0.15) is 0 Å². The van der Waals surface area contributed by atoms with Gasteiger partial charge in [-0.25, -0.2) is 4.98 Å². The largest absolute Gasteiger partial charge is 0.481 e. The van der Waals surface area contributed by atoms with Gasteiger partial charge in [-0.2, -0.15) is 5.10 Å². The average molecular weight is 360 g/mol. The van der Waals surface area contributed by atoms with Gasteiger partial charge in [-0.15, -0.1) is 0 Å². The summed E-state index contributed by atoms with van der Waals surface area (Å²) in [5, 5.41) is 17.7. The molecule has 1 unspecified atom stereocenters. The van der Waals surface area contributed by atoms with Gasteiger partial charge >= 0.3 is 5.97 Å². The molecule has 0 fully saturated rings. The molecule has 2 N–H and O–H groups in total. The Bertz CT molecular complexity index is 868. The van der Waals surface area contributed by atoms with E-state index >= 15 is 0 Å². The fourth-order valence-electron chi connectivity index (χ4n) is 3.47. The monoisotopic (exact) mass is 360 g/mol. The quantitative estimate of drug-likeness (QED) is 0.825. The zero-order valence-electron chi connectivity index (χ0n) is 16.6. The van der Waals surface area contributed by atoms with Gasteiger partial charge in [0.15, 0.2) is 5.65 Å². The third kappa shape index (κ3) is 3.43. The second kappa shape index (κ2) is 7.05. The van der Waals surface area contributed by atoms with Gasteiger partial charge in [0.2, 0.25) is 5.91 Å². The van der Waals surface area contributed by atoms with E-state index in [9.17, 15) is 14.7 Å². The van der Waals surface area contributed by atoms with Crippen molar-refractivity contribution in [1.29, 1.82) is 0 Å². The molecule has 7 heteroatoms. The van der Waals surface area contributed by atoms with Crippen molar-refractivity contribution in [1.82, 2.24) is 20.1 Å². The van der Waals surface area contributed by atoms with E-state index in [2.05, 4.69) is 15.4 Å². The number of amides is 1. The second-order valence-electron chi connectivity index (χ2n) is 7.44. The highest BCUT2D eigenvalue weighted by atomic mass is 16.4. The van der Waals surface area contributed by atoms with Gasteiger partial charge in [0.25, 0.3) is 0 Å². The molecule has 1 amide bonds. The van der Waals surface area contributed by atoms with E-state index in [4.69, 9.17) is 0 Å². The number of hydrogen-bond acceptors (Lipinski definition) is 4. The summed E-state index contributed by atoms with van der Waals surface area (Å²) in [5.41, 5.74) is 3.32. The molecule has 1 atom stereocenters. The summed E-state index contributed by atoms with van der Waals surface area (Å²) in [7, 11) is 1.85. The standard InChI is InChI=1S/C19H28N4O3/c1-8-14(19(5,6)18(25)26)21-15(24)9-13-10(2)16-12(4)22-23(7)17(16)20-11(13)3/h14H,8-9H2,1-7H3,(H,21,24)(H,25,26). The summed E-state index contributed by atoms with van der Waals surface area (Å²) >= 11 is 0. The first-order valence-corrected chi connectivity index (χ1v) is 8.82. The summed E-state index contributed by atoms with van der Waals surface area (Å²) in [6, 6.07) is -0.440. The number of carboxylic acids is 1. The molecular weight excluding hydrogens is 332 g/mol. The van der Waals surface area contributed by atoms with Gasteiger partial charge in [-0.1, -0.05) is 6.92 Å². The van der Waals surface area contributed by atoms with E-state index in [-0.39, 0.29) is 12.3 Å². The Morgan fingerprint density at radius 1 is 1.23 bits per heavy atom. The van der Waals surface area contributed by atoms with Gasteiger partial charge in [0, 0.05) is 24.2 Å². The minimum absolute atomic E-state index is 0.168. The zero-order valence-corrected chi connectivity index (χ0v) is 16.6. The minimum atomic E-state index is -1.03. The molecule has 0 saturated carbocycles. The van der Waals surface area contributed by atoms with Crippen molar-refractivity contribution in [3.05, 3.63) is 22.5 Å². The molecule has 0 aliphatic rings. The average Bonchev–Trinajstić information content (AvgIpc) is 2.82. The van der Waals surface area contributed by atoms with E-state index in [1.54, 1.807) is 18.5 Å². The van der Waals surface area contributed by atoms with Crippen LogP contribution >= 0.6 is 0 Å². The van der Waals surface area contributed by atoms with Crippen LogP contribution < -0.4 is 5.32 Å². The lowest BCUT2D eigenvalue weighted by molar-refractivity contribution is -0.149. The summed E-state index contributed by atoms with van der Waals surface area (Å²) in [6.07, 6.45) is 0.711. The van der Waals surface area contributed by atoms with Crippen LogP contribution in [-0.2, 0) is 23.1 Å². The third-order valence-electron chi connectivity index (χ3n) is 5.23. The number of aryl methyl sites for hydroxylation is 4. The maximum Gasteiger partial charge on any atom is 0.311 e. The second-order valence-corrected chi connectivity index (χ2v) is 7.44. The Morgan fingerprint density at radius 3 is 2.38 bits per heavy atom. The molecule has 2 rings (SSSR count). The Labute approximate surface area is 153 Å². The predicted molar refractivity (Wildman–Crippen MR) is 100 cm³/mol. The van der Waals surface area contributed by atoms with E-state index in [1.165, 1.54) is 0 Å². The maximum atomic E-state index is 12.6. The topological polar surface area (TPSA) is 97.1 Å². The summed E-state index contributed by atoms with van der Waals surface area (Å²) in [4.78, 5) is 28.7. The van der Waals surface area contributed by atoms with Crippen LogP contribution in [0.4, 0.5) is 0 Å². The van der Waals surface area contributed by atoms with Crippen molar-refractivity contribution in [2.75, 3.05) is 0 Å². The molecule has 2 aromatic rings. The molecule has 0 radical (unpaired) electrons. The Balaban J connectivity index is 2.32. The number of fused-ring (bicyclic) bond motifs is 1. The normalized spacial score (nSPS) is 13.0. The van der Waals surface area contributed by atoms with Crippen molar-refractivity contribution in [2.24, 2.45) is 12.5 Å². The molecule has 0 aliphatic heterocycles. The molecule has 2 heterocycles. The number of carbonyl (C=O) groups excluding carboxylic acids is 1. The molecule has 0 aliphatic carbocycles. The van der Waals surface area contributed by atoms with Crippen molar-refractivity contribution < 1.29 is 14.7 Å². The third-order valence-corrected chi connectivity index (χ3v) is 5.23. The lowest BCUT2D eigenvalue weighted by atomic mass is 9.83. The van der Waals surface area contributed by atoms with Gasteiger partial charge in [0.05, 0.1) is 17.5 Å². The van der Waals surface area contributed by atoms with E-state index in [0.29, 0.717) is 6.42 Å². The molecule has 142 valence electrons. The van der Waals surface area contributed by atoms with E-state index in [1.807, 2.05) is 34.7 Å². The minimum Gasteiger partial charge on any atom is -0.481 e. The fraction of sp³-hybridized carbons (Fsp3) is 0.579. The first-order valence-electron chi connectivity index (χ1n) is 8.82. The van der Waals surface area contributed by atoms with Gasteiger partial charge in [-0.3, -0.25) is 14.3 Å². The number of aliphatic carboxylic acids is 1. The lowest BCUT2D eigenvalue weighted by Crippen LogP contribution is -2.49. The van der Waals surface area contributed by atoms with Crippen LogP contribution in [0.25, 0.3) is 11.0 Å². The predicted octanol–water partition coefficient (Wildman–Crippen LogP) is 2.44. The molecule has 0 aromatic carbocycles. The summed E-state index contributed by atoms with van der Waals surface area (Å²) in [6.45, 7) is 10.9. The number of nitrogens with zero attached hydrogens (tertiary/aromatic N) is 3. The number of pyridine rings is 1. The van der Waals surface area contributed by atoms with Crippen molar-refractivity contribution >= 4 is 22.9 Å². The first-order chi connectivity index (χ1) is 12.0. The molecule has 26 heavy (non-hydrogen) atoms. The maximum absolute atomic E-state index is 12.6. The summed E-state index contributed by atoms with van der Waals surface area (Å²) < 4.78 is 1.75. The van der Waals surface area contributed by atoms with Crippen molar-refractivity contribution in [3.8, 4) is 0 Å². The van der Waals surface area contributed by atoms with Crippen molar-refractivity contribution in [2.45, 2.75) is 60.4 Å². The number of nitrogens with one attached hydrogen (secondary N) is 1. The van der Waals surface area contributed by atoms with Crippen LogP contribution in [0.5, 0.6) is 0 Å². The van der Waals surface area contributed by atoms with Crippen LogP contribution in [0, 0.1) is 26.2 Å². The SMILES string of the molecule is CCC(NC(=O)Cc1c(C)nc2c(c(C)nn2C)c1C)C(C)(C)C(=O)O. The number of carboxylic acid groups (broad SMARTS) is 1. The number of hydrogen-bond donors (Lipinski definition) is 2. The molecule has 0 spiro atoms. The summed E-state index contributed by atoms with van der Waals surface area (Å²) in [5.74, 6) is -1.12.